The van der Waals surface area contributed by atoms with E-state index in [1.54, 1.807) is 42.5 Å². The molecule has 2 aromatic carbocycles. The van der Waals surface area contributed by atoms with Crippen LogP contribution in [0, 0.1) is 0 Å². The maximum Gasteiger partial charge on any atom is 0.342 e. The van der Waals surface area contributed by atoms with E-state index in [0.29, 0.717) is 21.9 Å². The lowest BCUT2D eigenvalue weighted by molar-refractivity contribution is -0.131. The van der Waals surface area contributed by atoms with Crippen LogP contribution in [0.4, 0.5) is 0 Å². The third kappa shape index (κ3) is 4.91. The van der Waals surface area contributed by atoms with Crippen molar-refractivity contribution < 1.29 is 19.1 Å². The van der Waals surface area contributed by atoms with E-state index in [-0.39, 0.29) is 16.0 Å². The average Bonchev–Trinajstić information content (AvgIpc) is 3.10. The first kappa shape index (κ1) is 19.5. The summed E-state index contributed by atoms with van der Waals surface area (Å²) >= 11 is 10.1. The molecule has 0 unspecified atom stereocenters. The number of hydrogen-bond acceptors (Lipinski definition) is 6. The van der Waals surface area contributed by atoms with Gasteiger partial charge in [-0.2, -0.15) is 0 Å². The molecule has 0 radical (unpaired) electrons. The molecule has 138 valence electrons. The van der Waals surface area contributed by atoms with Crippen molar-refractivity contribution in [2.24, 2.45) is 0 Å². The fourth-order valence-corrected chi connectivity index (χ4v) is 3.32. The summed E-state index contributed by atoms with van der Waals surface area (Å²) in [5.74, 6) is -0.294. The molecule has 0 aliphatic rings. The summed E-state index contributed by atoms with van der Waals surface area (Å²) in [5.41, 5.74) is 1.29. The molecule has 0 amide bonds. The number of aromatic nitrogens is 2. The van der Waals surface area contributed by atoms with Crippen LogP contribution >= 0.6 is 39.3 Å². The first-order valence-corrected chi connectivity index (χ1v) is 9.51. The first-order chi connectivity index (χ1) is 13.0. The number of thioether (sulfide) groups is 1. The largest absolute Gasteiger partial charge is 0.496 e. The number of nitrogens with zero attached hydrogens (tertiary/aromatic N) is 2. The Kier molecular flexibility index (Phi) is 6.20. The molecule has 0 aliphatic heterocycles. The van der Waals surface area contributed by atoms with Crippen LogP contribution < -0.4 is 4.74 Å². The molecule has 0 atom stereocenters. The summed E-state index contributed by atoms with van der Waals surface area (Å²) in [6.07, 6.45) is 1.49. The van der Waals surface area contributed by atoms with E-state index in [4.69, 9.17) is 20.8 Å². The Morgan fingerprint density at radius 3 is 2.67 bits per heavy atom. The fourth-order valence-electron chi connectivity index (χ4n) is 2.15. The Morgan fingerprint density at radius 1 is 1.26 bits per heavy atom. The van der Waals surface area contributed by atoms with E-state index in [0.717, 1.165) is 16.2 Å². The standard InChI is InChI=1S/C18H12BrClN2O4S/c1-25-14-7-4-12(19)8-11(14)9-15(17(23)24)27-18-22-21-16(26-18)10-2-5-13(20)6-3-10/h2-9H,1H3,(H,23,24). The zero-order valence-corrected chi connectivity index (χ0v) is 17.0. The van der Waals surface area contributed by atoms with Gasteiger partial charge in [-0.15, -0.1) is 10.2 Å². The predicted molar refractivity (Wildman–Crippen MR) is 107 cm³/mol. The molecule has 9 heteroatoms. The third-order valence-corrected chi connectivity index (χ3v) is 4.98. The van der Waals surface area contributed by atoms with Crippen molar-refractivity contribution >= 4 is 51.3 Å². The third-order valence-electron chi connectivity index (χ3n) is 3.38. The second kappa shape index (κ2) is 8.60. The van der Waals surface area contributed by atoms with Crippen LogP contribution in [-0.4, -0.2) is 28.4 Å². The molecule has 0 aliphatic carbocycles. The highest BCUT2D eigenvalue weighted by atomic mass is 79.9. The van der Waals surface area contributed by atoms with Gasteiger partial charge >= 0.3 is 5.97 Å². The topological polar surface area (TPSA) is 85.5 Å². The monoisotopic (exact) mass is 466 g/mol. The summed E-state index contributed by atoms with van der Waals surface area (Å²) < 4.78 is 11.6. The molecule has 1 aromatic heterocycles. The normalized spacial score (nSPS) is 11.4. The van der Waals surface area contributed by atoms with Crippen LogP contribution in [0.25, 0.3) is 17.5 Å². The molecule has 0 fully saturated rings. The molecule has 0 spiro atoms. The quantitative estimate of drug-likeness (QED) is 0.385. The Bertz CT molecular complexity index is 1000. The maximum atomic E-state index is 11.7. The van der Waals surface area contributed by atoms with Gasteiger partial charge in [0.05, 0.1) is 7.11 Å². The Hall–Kier alpha value is -2.29. The van der Waals surface area contributed by atoms with Crippen molar-refractivity contribution in [2.45, 2.75) is 5.22 Å². The number of aliphatic carboxylic acids is 1. The number of halogens is 2. The smallest absolute Gasteiger partial charge is 0.342 e. The van der Waals surface area contributed by atoms with Gasteiger partial charge in [0.25, 0.3) is 5.22 Å². The summed E-state index contributed by atoms with van der Waals surface area (Å²) in [4.78, 5) is 11.7. The molecule has 6 nitrogen and oxygen atoms in total. The van der Waals surface area contributed by atoms with Gasteiger partial charge in [-0.05, 0) is 60.3 Å². The number of benzene rings is 2. The lowest BCUT2D eigenvalue weighted by Gasteiger charge is -2.06. The number of methoxy groups -OCH3 is 1. The van der Waals surface area contributed by atoms with Crippen LogP contribution in [0.2, 0.25) is 5.02 Å². The number of carboxylic acids is 1. The van der Waals surface area contributed by atoms with Gasteiger partial charge in [0.1, 0.15) is 10.7 Å². The van der Waals surface area contributed by atoms with Gasteiger partial charge in [0, 0.05) is 20.6 Å². The van der Waals surface area contributed by atoms with Gasteiger partial charge in [0.2, 0.25) is 5.89 Å². The Morgan fingerprint density at radius 2 is 2.00 bits per heavy atom. The molecular formula is C18H12BrClN2O4S. The second-order valence-electron chi connectivity index (χ2n) is 5.18. The van der Waals surface area contributed by atoms with Crippen molar-refractivity contribution in [1.29, 1.82) is 0 Å². The van der Waals surface area contributed by atoms with Crippen LogP contribution in [0.3, 0.4) is 0 Å². The number of rotatable bonds is 6. The van der Waals surface area contributed by atoms with Crippen molar-refractivity contribution in [3.05, 3.63) is 62.4 Å². The number of carboxylic acid groups (broad SMARTS) is 1. The molecule has 3 aromatic rings. The molecule has 0 saturated heterocycles. The highest BCUT2D eigenvalue weighted by molar-refractivity contribution is 9.10. The van der Waals surface area contributed by atoms with Crippen molar-refractivity contribution in [3.63, 3.8) is 0 Å². The molecule has 27 heavy (non-hydrogen) atoms. The SMILES string of the molecule is COc1ccc(Br)cc1C=C(Sc1nnc(-c2ccc(Cl)cc2)o1)C(=O)O. The fraction of sp³-hybridized carbons (Fsp3) is 0.0556. The van der Waals surface area contributed by atoms with Gasteiger partial charge in [0.15, 0.2) is 0 Å². The van der Waals surface area contributed by atoms with E-state index >= 15 is 0 Å². The lowest BCUT2D eigenvalue weighted by atomic mass is 10.2. The number of carbonyl (C=O) groups is 1. The molecule has 3 rings (SSSR count). The van der Waals surface area contributed by atoms with E-state index in [1.165, 1.54) is 13.2 Å². The van der Waals surface area contributed by atoms with Crippen molar-refractivity contribution in [3.8, 4) is 17.2 Å². The first-order valence-electron chi connectivity index (χ1n) is 7.52. The minimum absolute atomic E-state index is 0.0118. The van der Waals surface area contributed by atoms with E-state index < -0.39 is 5.97 Å². The maximum absolute atomic E-state index is 11.7. The van der Waals surface area contributed by atoms with Crippen LogP contribution in [0.1, 0.15) is 5.56 Å². The van der Waals surface area contributed by atoms with E-state index in [2.05, 4.69) is 26.1 Å². The second-order valence-corrected chi connectivity index (χ2v) is 7.53. The number of ether oxygens (including phenoxy) is 1. The van der Waals surface area contributed by atoms with Crippen LogP contribution in [-0.2, 0) is 4.79 Å². The van der Waals surface area contributed by atoms with Gasteiger partial charge in [-0.25, -0.2) is 4.79 Å². The van der Waals surface area contributed by atoms with E-state index in [9.17, 15) is 9.90 Å². The Labute approximate surface area is 172 Å². The van der Waals surface area contributed by atoms with Gasteiger partial charge < -0.3 is 14.3 Å². The minimum atomic E-state index is -1.12. The number of hydrogen-bond donors (Lipinski definition) is 1. The van der Waals surface area contributed by atoms with Gasteiger partial charge in [-0.1, -0.05) is 27.5 Å². The summed E-state index contributed by atoms with van der Waals surface area (Å²) in [5, 5.41) is 18.1. The molecule has 1 N–H and O–H groups in total. The highest BCUT2D eigenvalue weighted by Gasteiger charge is 2.17. The Balaban J connectivity index is 1.89. The van der Waals surface area contributed by atoms with E-state index in [1.807, 2.05) is 0 Å². The minimum Gasteiger partial charge on any atom is -0.496 e. The predicted octanol–water partition coefficient (Wildman–Crippen LogP) is 5.38. The van der Waals surface area contributed by atoms with Gasteiger partial charge in [-0.3, -0.25) is 0 Å². The zero-order chi connectivity index (χ0) is 19.4. The zero-order valence-electron chi connectivity index (χ0n) is 13.8. The summed E-state index contributed by atoms with van der Waals surface area (Å²) in [6, 6.07) is 12.2. The summed E-state index contributed by atoms with van der Waals surface area (Å²) in [6.45, 7) is 0. The highest BCUT2D eigenvalue weighted by Crippen LogP contribution is 2.33. The van der Waals surface area contributed by atoms with Crippen LogP contribution in [0.5, 0.6) is 5.75 Å². The molecule has 1 heterocycles. The van der Waals surface area contributed by atoms with Crippen molar-refractivity contribution in [1.82, 2.24) is 10.2 Å². The molecular weight excluding hydrogens is 456 g/mol. The average molecular weight is 468 g/mol. The van der Waals surface area contributed by atoms with Crippen LogP contribution in [0.15, 0.2) is 61.5 Å². The van der Waals surface area contributed by atoms with Crippen molar-refractivity contribution in [2.75, 3.05) is 7.11 Å². The molecule has 0 saturated carbocycles. The lowest BCUT2D eigenvalue weighted by Crippen LogP contribution is -1.97. The summed E-state index contributed by atoms with van der Waals surface area (Å²) in [7, 11) is 1.52. The molecule has 0 bridgehead atoms.